The predicted octanol–water partition coefficient (Wildman–Crippen LogP) is 3.75. The fraction of sp³-hybridized carbons (Fsp3) is 0.136. The first-order valence-corrected chi connectivity index (χ1v) is 9.43. The minimum absolute atomic E-state index is 0.549. The molecule has 1 aliphatic heterocycles. The normalized spacial score (nSPS) is 13.3. The lowest BCUT2D eigenvalue weighted by Gasteiger charge is -2.19. The summed E-state index contributed by atoms with van der Waals surface area (Å²) in [6, 6.07) is 15.9. The van der Waals surface area contributed by atoms with E-state index in [0.717, 1.165) is 44.8 Å². The van der Waals surface area contributed by atoms with Crippen LogP contribution < -0.4 is 9.47 Å². The molecule has 0 N–H and O–H groups in total. The van der Waals surface area contributed by atoms with Gasteiger partial charge in [-0.2, -0.15) is 4.98 Å². The topological polar surface area (TPSA) is 67.0 Å². The minimum Gasteiger partial charge on any atom is -0.486 e. The van der Waals surface area contributed by atoms with Crippen molar-refractivity contribution in [3.8, 4) is 28.7 Å². The lowest BCUT2D eigenvalue weighted by Crippen LogP contribution is -2.15. The second-order valence-electron chi connectivity index (χ2n) is 7.00. The Morgan fingerprint density at radius 2 is 1.79 bits per heavy atom. The molecule has 7 heteroatoms. The Balaban J connectivity index is 1.60. The van der Waals surface area contributed by atoms with Gasteiger partial charge in [0, 0.05) is 24.2 Å². The third-order valence-corrected chi connectivity index (χ3v) is 5.20. The molecule has 7 nitrogen and oxygen atoms in total. The van der Waals surface area contributed by atoms with E-state index in [-0.39, 0.29) is 0 Å². The first-order valence-electron chi connectivity index (χ1n) is 9.43. The highest BCUT2D eigenvalue weighted by Gasteiger charge is 2.18. The van der Waals surface area contributed by atoms with E-state index in [9.17, 15) is 0 Å². The molecule has 6 rings (SSSR count). The number of para-hydroxylation sites is 2. The van der Waals surface area contributed by atoms with E-state index < -0.39 is 0 Å². The molecule has 29 heavy (non-hydrogen) atoms. The summed E-state index contributed by atoms with van der Waals surface area (Å²) in [4.78, 5) is 14.2. The maximum Gasteiger partial charge on any atom is 0.238 e. The number of hydrogen-bond acceptors (Lipinski definition) is 5. The Labute approximate surface area is 166 Å². The van der Waals surface area contributed by atoms with Crippen molar-refractivity contribution < 1.29 is 9.47 Å². The molecule has 5 aromatic rings. The highest BCUT2D eigenvalue weighted by Crippen LogP contribution is 2.36. The van der Waals surface area contributed by atoms with Gasteiger partial charge in [0.15, 0.2) is 11.5 Å². The van der Waals surface area contributed by atoms with Crippen LogP contribution in [-0.2, 0) is 7.05 Å². The highest BCUT2D eigenvalue weighted by atomic mass is 16.6. The van der Waals surface area contributed by atoms with Crippen molar-refractivity contribution in [3.63, 3.8) is 0 Å². The molecule has 1 aliphatic rings. The summed E-state index contributed by atoms with van der Waals surface area (Å²) >= 11 is 0. The Hall–Kier alpha value is -3.87. The van der Waals surface area contributed by atoms with Gasteiger partial charge < -0.3 is 14.0 Å². The van der Waals surface area contributed by atoms with Crippen molar-refractivity contribution in [1.29, 1.82) is 0 Å². The van der Waals surface area contributed by atoms with Crippen LogP contribution in [0.2, 0.25) is 0 Å². The van der Waals surface area contributed by atoms with Crippen molar-refractivity contribution in [2.45, 2.75) is 0 Å². The van der Waals surface area contributed by atoms with E-state index in [2.05, 4.69) is 4.98 Å². The summed E-state index contributed by atoms with van der Waals surface area (Å²) in [6.07, 6.45) is 3.76. The predicted molar refractivity (Wildman–Crippen MR) is 110 cm³/mol. The molecule has 0 amide bonds. The molecule has 3 aromatic heterocycles. The molecule has 0 bridgehead atoms. The number of fused-ring (bicyclic) bond motifs is 3. The maximum atomic E-state index is 5.77. The average Bonchev–Trinajstić information content (AvgIpc) is 3.37. The molecule has 0 radical (unpaired) electrons. The van der Waals surface area contributed by atoms with Gasteiger partial charge in [0.05, 0.1) is 16.7 Å². The minimum atomic E-state index is 0.549. The fourth-order valence-corrected chi connectivity index (χ4v) is 3.76. The summed E-state index contributed by atoms with van der Waals surface area (Å²) in [5.41, 5.74) is 4.54. The van der Waals surface area contributed by atoms with Crippen molar-refractivity contribution in [1.82, 2.24) is 24.1 Å². The summed E-state index contributed by atoms with van der Waals surface area (Å²) in [5, 5.41) is 0.984. The van der Waals surface area contributed by atoms with E-state index in [4.69, 9.17) is 19.4 Å². The summed E-state index contributed by atoms with van der Waals surface area (Å²) in [5.74, 6) is 2.09. The van der Waals surface area contributed by atoms with Crippen LogP contribution in [0.15, 0.2) is 61.1 Å². The van der Waals surface area contributed by atoms with Crippen LogP contribution in [0.3, 0.4) is 0 Å². The van der Waals surface area contributed by atoms with Gasteiger partial charge >= 0.3 is 0 Å². The molecular weight excluding hydrogens is 366 g/mol. The molecule has 4 heterocycles. The van der Waals surface area contributed by atoms with Crippen molar-refractivity contribution in [2.75, 3.05) is 13.2 Å². The number of benzene rings is 2. The lowest BCUT2D eigenvalue weighted by atomic mass is 10.1. The number of aryl methyl sites for hydroxylation is 1. The van der Waals surface area contributed by atoms with Crippen LogP contribution in [0.25, 0.3) is 39.3 Å². The number of nitrogens with zero attached hydrogens (tertiary/aromatic N) is 5. The third-order valence-electron chi connectivity index (χ3n) is 5.20. The Bertz CT molecular complexity index is 1390. The van der Waals surface area contributed by atoms with Gasteiger partial charge in [0.1, 0.15) is 25.2 Å². The molecule has 0 spiro atoms. The smallest absolute Gasteiger partial charge is 0.238 e. The molecule has 0 saturated heterocycles. The zero-order valence-electron chi connectivity index (χ0n) is 15.7. The van der Waals surface area contributed by atoms with Gasteiger partial charge in [0.25, 0.3) is 0 Å². The molecular formula is C22H17N5O2. The van der Waals surface area contributed by atoms with Gasteiger partial charge in [0.2, 0.25) is 5.95 Å². The zero-order valence-corrected chi connectivity index (χ0v) is 15.7. The van der Waals surface area contributed by atoms with Crippen LogP contribution in [0.4, 0.5) is 0 Å². The third kappa shape index (κ3) is 2.47. The second-order valence-corrected chi connectivity index (χ2v) is 7.00. The number of rotatable bonds is 2. The molecule has 0 atom stereocenters. The monoisotopic (exact) mass is 383 g/mol. The highest BCUT2D eigenvalue weighted by molar-refractivity contribution is 5.92. The van der Waals surface area contributed by atoms with E-state index in [1.165, 1.54) is 0 Å². The van der Waals surface area contributed by atoms with E-state index in [1.54, 1.807) is 6.33 Å². The quantitative estimate of drug-likeness (QED) is 0.464. The summed E-state index contributed by atoms with van der Waals surface area (Å²) < 4.78 is 15.4. The first kappa shape index (κ1) is 16.1. The van der Waals surface area contributed by atoms with Gasteiger partial charge in [-0.05, 0) is 36.4 Å². The van der Waals surface area contributed by atoms with E-state index in [1.807, 2.05) is 70.9 Å². The van der Waals surface area contributed by atoms with Gasteiger partial charge in [-0.25, -0.2) is 9.97 Å². The molecule has 0 unspecified atom stereocenters. The van der Waals surface area contributed by atoms with Crippen molar-refractivity contribution in [3.05, 3.63) is 61.1 Å². The fourth-order valence-electron chi connectivity index (χ4n) is 3.76. The van der Waals surface area contributed by atoms with Crippen LogP contribution in [0.1, 0.15) is 0 Å². The molecule has 142 valence electrons. The summed E-state index contributed by atoms with van der Waals surface area (Å²) in [6.45, 7) is 1.12. The molecule has 0 fully saturated rings. The van der Waals surface area contributed by atoms with E-state index >= 15 is 0 Å². The average molecular weight is 383 g/mol. The number of aromatic nitrogens is 5. The van der Waals surface area contributed by atoms with Crippen LogP contribution >= 0.6 is 0 Å². The van der Waals surface area contributed by atoms with E-state index in [0.29, 0.717) is 19.2 Å². The Morgan fingerprint density at radius 1 is 0.931 bits per heavy atom. The number of ether oxygens (including phenoxy) is 2. The van der Waals surface area contributed by atoms with Gasteiger partial charge in [-0.15, -0.1) is 0 Å². The van der Waals surface area contributed by atoms with Crippen molar-refractivity contribution in [2.24, 2.45) is 7.05 Å². The summed E-state index contributed by atoms with van der Waals surface area (Å²) in [7, 11) is 1.98. The SMILES string of the molecule is Cn1ccc2c(-c3ccc4c(c3)OCCO4)nc(-n3cnc4ccccc43)nc21. The lowest BCUT2D eigenvalue weighted by molar-refractivity contribution is 0.171. The molecule has 0 aliphatic carbocycles. The Morgan fingerprint density at radius 3 is 2.72 bits per heavy atom. The largest absolute Gasteiger partial charge is 0.486 e. The molecule has 0 saturated carbocycles. The zero-order chi connectivity index (χ0) is 19.4. The second kappa shape index (κ2) is 6.07. The van der Waals surface area contributed by atoms with Gasteiger partial charge in [-0.3, -0.25) is 4.57 Å². The van der Waals surface area contributed by atoms with Crippen LogP contribution in [0, 0.1) is 0 Å². The maximum absolute atomic E-state index is 5.77. The van der Waals surface area contributed by atoms with Crippen LogP contribution in [0.5, 0.6) is 11.5 Å². The van der Waals surface area contributed by atoms with Crippen molar-refractivity contribution >= 4 is 22.1 Å². The number of hydrogen-bond donors (Lipinski definition) is 0. The first-order chi connectivity index (χ1) is 14.3. The Kier molecular flexibility index (Phi) is 3.37. The molecule has 2 aromatic carbocycles. The van der Waals surface area contributed by atoms with Crippen LogP contribution in [-0.4, -0.2) is 37.3 Å². The number of imidazole rings is 1. The van der Waals surface area contributed by atoms with Gasteiger partial charge in [-0.1, -0.05) is 12.1 Å². The standard InChI is InChI=1S/C22H17N5O2/c1-26-9-8-15-20(14-6-7-18-19(12-14)29-11-10-28-18)24-22(25-21(15)26)27-13-23-16-4-2-3-5-17(16)27/h2-9,12-13H,10-11H2,1H3.